The van der Waals surface area contributed by atoms with Gasteiger partial charge in [-0.25, -0.2) is 4.39 Å². The summed E-state index contributed by atoms with van der Waals surface area (Å²) in [6.45, 7) is 1.07. The summed E-state index contributed by atoms with van der Waals surface area (Å²) < 4.78 is 13.6. The predicted molar refractivity (Wildman–Crippen MR) is 76.8 cm³/mol. The Morgan fingerprint density at radius 3 is 2.63 bits per heavy atom. The molecule has 1 heterocycles. The summed E-state index contributed by atoms with van der Waals surface area (Å²) in [5.41, 5.74) is 5.61. The Labute approximate surface area is 121 Å². The fourth-order valence-electron chi connectivity index (χ4n) is 2.20. The van der Waals surface area contributed by atoms with Crippen molar-refractivity contribution >= 4 is 34.7 Å². The number of rotatable bonds is 2. The molecule has 1 fully saturated rings. The van der Waals surface area contributed by atoms with E-state index in [9.17, 15) is 9.18 Å². The minimum Gasteiger partial charge on any atom is -0.393 e. The first-order valence-electron chi connectivity index (χ1n) is 6.02. The van der Waals surface area contributed by atoms with Crippen LogP contribution in [-0.2, 0) is 0 Å². The highest BCUT2D eigenvalue weighted by atomic mass is 35.5. The zero-order valence-electron chi connectivity index (χ0n) is 10.2. The number of hydrogen-bond donors (Lipinski definition) is 1. The summed E-state index contributed by atoms with van der Waals surface area (Å²) in [5.74, 6) is -0.712. The zero-order chi connectivity index (χ0) is 14.0. The quantitative estimate of drug-likeness (QED) is 0.854. The number of carbonyl (C=O) groups excluding carboxylic acids is 1. The molecule has 1 aliphatic rings. The van der Waals surface area contributed by atoms with E-state index >= 15 is 0 Å². The number of nitrogens with zero attached hydrogens (tertiary/aromatic N) is 1. The first kappa shape index (κ1) is 14.2. The van der Waals surface area contributed by atoms with Crippen LogP contribution in [0.3, 0.4) is 0 Å². The smallest absolute Gasteiger partial charge is 0.256 e. The Morgan fingerprint density at radius 1 is 1.42 bits per heavy atom. The van der Waals surface area contributed by atoms with Crippen molar-refractivity contribution in [3.05, 3.63) is 34.6 Å². The molecule has 1 aromatic rings. The van der Waals surface area contributed by atoms with Crippen molar-refractivity contribution in [2.75, 3.05) is 13.1 Å². The first-order chi connectivity index (χ1) is 8.99. The van der Waals surface area contributed by atoms with Gasteiger partial charge in [0.1, 0.15) is 5.82 Å². The highest BCUT2D eigenvalue weighted by molar-refractivity contribution is 7.80. The number of carbonyl (C=O) groups is 1. The molecule has 1 aromatic carbocycles. The van der Waals surface area contributed by atoms with E-state index in [1.165, 1.54) is 18.2 Å². The molecule has 0 unspecified atom stereocenters. The number of halogens is 2. The van der Waals surface area contributed by atoms with Crippen LogP contribution >= 0.6 is 23.8 Å². The monoisotopic (exact) mass is 300 g/mol. The number of piperidine rings is 1. The van der Waals surface area contributed by atoms with E-state index < -0.39 is 5.82 Å². The van der Waals surface area contributed by atoms with Crippen LogP contribution in [0.25, 0.3) is 0 Å². The maximum Gasteiger partial charge on any atom is 0.256 e. The Balaban J connectivity index is 2.09. The average molecular weight is 301 g/mol. The minimum absolute atomic E-state index is 0.0151. The Bertz CT molecular complexity index is 515. The summed E-state index contributed by atoms with van der Waals surface area (Å²) in [5, 5.41) is 0.350. The second-order valence-electron chi connectivity index (χ2n) is 4.59. The summed E-state index contributed by atoms with van der Waals surface area (Å²) in [6.07, 6.45) is 1.45. The molecule has 2 N–H and O–H groups in total. The van der Waals surface area contributed by atoms with Crippen molar-refractivity contribution in [1.82, 2.24) is 4.90 Å². The lowest BCUT2D eigenvalue weighted by molar-refractivity contribution is 0.0705. The number of benzene rings is 1. The van der Waals surface area contributed by atoms with E-state index in [4.69, 9.17) is 29.6 Å². The van der Waals surface area contributed by atoms with Gasteiger partial charge in [-0.2, -0.15) is 0 Å². The lowest BCUT2D eigenvalue weighted by Crippen LogP contribution is -2.41. The van der Waals surface area contributed by atoms with Gasteiger partial charge in [0.25, 0.3) is 5.91 Å². The third-order valence-corrected chi connectivity index (χ3v) is 3.91. The summed E-state index contributed by atoms with van der Waals surface area (Å²) >= 11 is 10.7. The number of hydrogen-bond acceptors (Lipinski definition) is 2. The molecule has 0 atom stereocenters. The number of thiocarbonyl (C=S) groups is 1. The molecule has 0 aliphatic carbocycles. The SMILES string of the molecule is NC(=S)C1CCN(C(=O)c2cc(Cl)ccc2F)CC1. The van der Waals surface area contributed by atoms with Crippen LogP contribution in [0.2, 0.25) is 5.02 Å². The van der Waals surface area contributed by atoms with Crippen molar-refractivity contribution in [2.24, 2.45) is 11.7 Å². The molecule has 0 saturated carbocycles. The molecule has 1 saturated heterocycles. The zero-order valence-corrected chi connectivity index (χ0v) is 11.8. The number of nitrogens with two attached hydrogens (primary N) is 1. The van der Waals surface area contributed by atoms with Crippen LogP contribution in [0.15, 0.2) is 18.2 Å². The van der Waals surface area contributed by atoms with Crippen LogP contribution < -0.4 is 5.73 Å². The first-order valence-corrected chi connectivity index (χ1v) is 6.81. The fourth-order valence-corrected chi connectivity index (χ4v) is 2.61. The normalized spacial score (nSPS) is 16.4. The molecule has 6 heteroatoms. The van der Waals surface area contributed by atoms with Crippen LogP contribution in [0.4, 0.5) is 4.39 Å². The maximum atomic E-state index is 13.6. The topological polar surface area (TPSA) is 46.3 Å². The highest BCUT2D eigenvalue weighted by Crippen LogP contribution is 2.22. The van der Waals surface area contributed by atoms with Gasteiger partial charge in [0.05, 0.1) is 10.6 Å². The molecule has 1 amide bonds. The Kier molecular flexibility index (Phi) is 4.37. The van der Waals surface area contributed by atoms with Crippen molar-refractivity contribution < 1.29 is 9.18 Å². The van der Waals surface area contributed by atoms with Crippen molar-refractivity contribution in [2.45, 2.75) is 12.8 Å². The second kappa shape index (κ2) is 5.84. The molecule has 3 nitrogen and oxygen atoms in total. The van der Waals surface area contributed by atoms with Gasteiger partial charge in [-0.15, -0.1) is 0 Å². The summed E-state index contributed by atoms with van der Waals surface area (Å²) in [6, 6.07) is 3.99. The lowest BCUT2D eigenvalue weighted by atomic mass is 9.96. The molecular weight excluding hydrogens is 287 g/mol. The van der Waals surface area contributed by atoms with Crippen LogP contribution in [-0.4, -0.2) is 28.9 Å². The largest absolute Gasteiger partial charge is 0.393 e. The molecule has 102 valence electrons. The van der Waals surface area contributed by atoms with Crippen molar-refractivity contribution in [1.29, 1.82) is 0 Å². The van der Waals surface area contributed by atoms with E-state index in [0.29, 0.717) is 23.1 Å². The predicted octanol–water partition coefficient (Wildman–Crippen LogP) is 2.62. The molecular formula is C13H14ClFN2OS. The minimum atomic E-state index is -0.550. The van der Waals surface area contributed by atoms with E-state index in [2.05, 4.69) is 0 Å². The van der Waals surface area contributed by atoms with Crippen molar-refractivity contribution in [3.63, 3.8) is 0 Å². The fraction of sp³-hybridized carbons (Fsp3) is 0.385. The van der Waals surface area contributed by atoms with Crippen LogP contribution in [0.5, 0.6) is 0 Å². The van der Waals surface area contributed by atoms with E-state index in [0.717, 1.165) is 12.8 Å². The van der Waals surface area contributed by atoms with Gasteiger partial charge >= 0.3 is 0 Å². The Hall–Kier alpha value is -1.20. The highest BCUT2D eigenvalue weighted by Gasteiger charge is 2.26. The van der Waals surface area contributed by atoms with Gasteiger partial charge in [-0.05, 0) is 31.0 Å². The van der Waals surface area contributed by atoms with Gasteiger partial charge in [-0.3, -0.25) is 4.79 Å². The molecule has 0 aromatic heterocycles. The second-order valence-corrected chi connectivity index (χ2v) is 5.50. The third kappa shape index (κ3) is 3.22. The average Bonchev–Trinajstić information content (AvgIpc) is 2.41. The molecule has 0 radical (unpaired) electrons. The third-order valence-electron chi connectivity index (χ3n) is 3.34. The van der Waals surface area contributed by atoms with E-state index in [1.807, 2.05) is 0 Å². The number of likely N-dealkylation sites (tertiary alicyclic amines) is 1. The Morgan fingerprint density at radius 2 is 2.05 bits per heavy atom. The molecule has 19 heavy (non-hydrogen) atoms. The molecule has 1 aliphatic heterocycles. The lowest BCUT2D eigenvalue weighted by Gasteiger charge is -2.31. The van der Waals surface area contributed by atoms with Crippen LogP contribution in [0, 0.1) is 11.7 Å². The van der Waals surface area contributed by atoms with Gasteiger partial charge in [0.2, 0.25) is 0 Å². The maximum absolute atomic E-state index is 13.6. The van der Waals surface area contributed by atoms with Crippen LogP contribution in [0.1, 0.15) is 23.2 Å². The van der Waals surface area contributed by atoms with Gasteiger partial charge in [-0.1, -0.05) is 23.8 Å². The van der Waals surface area contributed by atoms with Gasteiger partial charge < -0.3 is 10.6 Å². The van der Waals surface area contributed by atoms with Gasteiger partial charge in [0.15, 0.2) is 0 Å². The molecule has 0 bridgehead atoms. The van der Waals surface area contributed by atoms with Gasteiger partial charge in [0, 0.05) is 24.0 Å². The van der Waals surface area contributed by atoms with E-state index in [-0.39, 0.29) is 17.4 Å². The summed E-state index contributed by atoms with van der Waals surface area (Å²) in [7, 11) is 0. The standard InChI is InChI=1S/C13H14ClFN2OS/c14-9-1-2-11(15)10(7-9)13(18)17-5-3-8(4-6-17)12(16)19/h1-2,7-8H,3-6H2,(H2,16,19). The molecule has 0 spiro atoms. The van der Waals surface area contributed by atoms with E-state index in [1.54, 1.807) is 4.90 Å². The van der Waals surface area contributed by atoms with Crippen molar-refractivity contribution in [3.8, 4) is 0 Å². The number of amides is 1. The molecule has 2 rings (SSSR count). The summed E-state index contributed by atoms with van der Waals surface area (Å²) in [4.78, 5) is 14.3.